The van der Waals surface area contributed by atoms with E-state index in [4.69, 9.17) is 0 Å². The summed E-state index contributed by atoms with van der Waals surface area (Å²) >= 11 is 0.813. The van der Waals surface area contributed by atoms with E-state index >= 15 is 0 Å². The second-order valence-electron chi connectivity index (χ2n) is 10.0. The Balaban J connectivity index is 1.16. The summed E-state index contributed by atoms with van der Waals surface area (Å²) in [5, 5.41) is 5.08. The summed E-state index contributed by atoms with van der Waals surface area (Å²) in [6, 6.07) is 6.27. The van der Waals surface area contributed by atoms with E-state index < -0.39 is 40.2 Å². The first-order valence-electron chi connectivity index (χ1n) is 13.1. The van der Waals surface area contributed by atoms with Crippen LogP contribution in [-0.4, -0.2) is 45.7 Å². The number of anilines is 1. The molecule has 0 saturated carbocycles. The highest BCUT2D eigenvalue weighted by Crippen LogP contribution is 2.40. The fourth-order valence-electron chi connectivity index (χ4n) is 4.82. The van der Waals surface area contributed by atoms with Crippen LogP contribution in [0.5, 0.6) is 0 Å². The Morgan fingerprint density at radius 3 is 2.40 bits per heavy atom. The van der Waals surface area contributed by atoms with Gasteiger partial charge >= 0.3 is 12.4 Å². The van der Waals surface area contributed by atoms with Gasteiger partial charge in [0, 0.05) is 37.6 Å². The molecule has 5 rings (SSSR count). The van der Waals surface area contributed by atoms with Crippen LogP contribution in [0, 0.1) is 5.92 Å². The van der Waals surface area contributed by atoms with Crippen molar-refractivity contribution in [3.05, 3.63) is 76.1 Å². The van der Waals surface area contributed by atoms with Gasteiger partial charge in [-0.2, -0.15) is 26.3 Å². The van der Waals surface area contributed by atoms with Crippen molar-refractivity contribution in [3.63, 3.8) is 0 Å². The van der Waals surface area contributed by atoms with Gasteiger partial charge in [0.25, 0.3) is 11.1 Å². The van der Waals surface area contributed by atoms with E-state index in [-0.39, 0.29) is 16.7 Å². The minimum absolute atomic E-state index is 0.0645. The van der Waals surface area contributed by atoms with E-state index in [9.17, 15) is 35.9 Å². The van der Waals surface area contributed by atoms with Gasteiger partial charge in [-0.05, 0) is 79.0 Å². The summed E-state index contributed by atoms with van der Waals surface area (Å²) in [5.74, 6) is 0.373. The van der Waals surface area contributed by atoms with Gasteiger partial charge in [0.15, 0.2) is 0 Å². The largest absolute Gasteiger partial charge is 0.417 e. The maximum atomic E-state index is 13.6. The van der Waals surface area contributed by atoms with Gasteiger partial charge in [0.1, 0.15) is 0 Å². The van der Waals surface area contributed by atoms with Crippen molar-refractivity contribution in [3.8, 4) is 11.3 Å². The first-order valence-corrected chi connectivity index (χ1v) is 14.0. The van der Waals surface area contributed by atoms with Gasteiger partial charge in [-0.1, -0.05) is 6.07 Å². The highest BCUT2D eigenvalue weighted by Gasteiger charge is 2.38. The quantitative estimate of drug-likeness (QED) is 0.248. The molecule has 2 aromatic heterocycles. The first-order chi connectivity index (χ1) is 20.4. The monoisotopic (exact) mass is 622 g/mol. The van der Waals surface area contributed by atoms with Gasteiger partial charge in [-0.15, -0.1) is 0 Å². The number of halogens is 6. The minimum Gasteiger partial charge on any atom is -0.341 e. The molecule has 2 N–H and O–H groups in total. The Kier molecular flexibility index (Phi) is 8.74. The lowest BCUT2D eigenvalue weighted by molar-refractivity contribution is -0.142. The summed E-state index contributed by atoms with van der Waals surface area (Å²) in [6.45, 7) is 2.36. The zero-order valence-corrected chi connectivity index (χ0v) is 23.1. The molecule has 3 aromatic rings. The molecule has 0 atom stereocenters. The van der Waals surface area contributed by atoms with Crippen molar-refractivity contribution in [1.29, 1.82) is 0 Å². The third-order valence-corrected chi connectivity index (χ3v) is 7.81. The zero-order chi connectivity index (χ0) is 30.8. The Morgan fingerprint density at radius 1 is 0.977 bits per heavy atom. The average Bonchev–Trinajstić information content (AvgIpc) is 3.28. The summed E-state index contributed by atoms with van der Waals surface area (Å²) in [6.07, 6.45) is -3.77. The number of alkyl halides is 6. The second kappa shape index (κ2) is 12.3. The van der Waals surface area contributed by atoms with Crippen LogP contribution >= 0.6 is 11.8 Å². The van der Waals surface area contributed by atoms with Crippen molar-refractivity contribution in [2.45, 2.75) is 31.7 Å². The number of pyridine rings is 1. The van der Waals surface area contributed by atoms with Crippen LogP contribution in [0.1, 0.15) is 35.2 Å². The van der Waals surface area contributed by atoms with Crippen molar-refractivity contribution in [1.82, 2.24) is 25.6 Å². The zero-order valence-electron chi connectivity index (χ0n) is 22.3. The highest BCUT2D eigenvalue weighted by atomic mass is 32.2. The Hall–Kier alpha value is -3.98. The van der Waals surface area contributed by atoms with E-state index in [1.807, 2.05) is 4.90 Å². The molecule has 0 unspecified atom stereocenters. The van der Waals surface area contributed by atoms with Crippen LogP contribution < -0.4 is 15.5 Å². The number of amides is 2. The molecule has 8 nitrogen and oxygen atoms in total. The predicted molar refractivity (Wildman–Crippen MR) is 147 cm³/mol. The van der Waals surface area contributed by atoms with Crippen LogP contribution in [0.3, 0.4) is 0 Å². The number of aromatic nitrogens is 3. The summed E-state index contributed by atoms with van der Waals surface area (Å²) in [5.41, 5.74) is -2.10. The molecule has 0 radical (unpaired) electrons. The van der Waals surface area contributed by atoms with Crippen LogP contribution in [0.2, 0.25) is 0 Å². The van der Waals surface area contributed by atoms with Gasteiger partial charge < -0.3 is 10.2 Å². The highest BCUT2D eigenvalue weighted by molar-refractivity contribution is 8.18. The minimum atomic E-state index is -4.99. The van der Waals surface area contributed by atoms with Crippen LogP contribution in [0.25, 0.3) is 17.3 Å². The molecular weight excluding hydrogens is 598 g/mol. The maximum Gasteiger partial charge on any atom is 0.417 e. The second-order valence-corrected chi connectivity index (χ2v) is 11.0. The molecule has 15 heteroatoms. The van der Waals surface area contributed by atoms with Crippen LogP contribution in [-0.2, 0) is 23.7 Å². The van der Waals surface area contributed by atoms with Crippen molar-refractivity contribution < 1.29 is 35.9 Å². The van der Waals surface area contributed by atoms with E-state index in [1.54, 1.807) is 24.4 Å². The van der Waals surface area contributed by atoms with Crippen molar-refractivity contribution in [2.24, 2.45) is 5.92 Å². The summed E-state index contributed by atoms with van der Waals surface area (Å²) < 4.78 is 80.0. The summed E-state index contributed by atoms with van der Waals surface area (Å²) in [7, 11) is 0. The lowest BCUT2D eigenvalue weighted by Crippen LogP contribution is -2.38. The first kappa shape index (κ1) is 30.5. The maximum absolute atomic E-state index is 13.6. The molecular formula is C28H24F6N6O2S. The number of nitrogens with zero attached hydrogens (tertiary/aromatic N) is 4. The van der Waals surface area contributed by atoms with Gasteiger partial charge in [0.2, 0.25) is 5.95 Å². The van der Waals surface area contributed by atoms with E-state index in [0.29, 0.717) is 55.4 Å². The number of piperidine rings is 1. The Labute approximate surface area is 246 Å². The molecule has 2 fully saturated rings. The fourth-order valence-corrected chi connectivity index (χ4v) is 5.48. The molecule has 43 heavy (non-hydrogen) atoms. The standard InChI is InChI=1S/C28H24F6N6O2S/c29-27(30,31)18-1-2-20(21(12-18)28(32,33)34)22-11-17(3-7-36-22)15-35-14-16-5-9-40(10-6-16)25-37-8-4-19(38-25)13-23-24(41)39-26(42)43-23/h1-4,7-8,11-13,16,35H,5-6,9-10,14-15H2,(H,39,41,42)/b23-13+. The van der Waals surface area contributed by atoms with Crippen molar-refractivity contribution >= 4 is 34.9 Å². The lowest BCUT2D eigenvalue weighted by Gasteiger charge is -2.32. The number of carbonyl (C=O) groups excluding carboxylic acids is 2. The van der Waals surface area contributed by atoms with Gasteiger partial charge in [-0.25, -0.2) is 9.97 Å². The smallest absolute Gasteiger partial charge is 0.341 e. The van der Waals surface area contributed by atoms with E-state index in [1.165, 1.54) is 12.3 Å². The molecule has 2 aliphatic heterocycles. The van der Waals surface area contributed by atoms with Gasteiger partial charge in [0.05, 0.1) is 27.4 Å². The number of rotatable bonds is 7. The molecule has 1 aromatic carbocycles. The molecule has 0 bridgehead atoms. The molecule has 2 saturated heterocycles. The number of nitrogens with one attached hydrogen (secondary N) is 2. The number of imide groups is 1. The van der Waals surface area contributed by atoms with E-state index in [0.717, 1.165) is 30.7 Å². The topological polar surface area (TPSA) is 100 Å². The normalized spacial score (nSPS) is 17.5. The SMILES string of the molecule is O=C1NC(=O)/C(=C\c2ccnc(N3CCC(CNCc4ccnc(-c5ccc(C(F)(F)F)cc5C(F)(F)F)c4)CC3)n2)S1. The molecule has 2 amide bonds. The average molecular weight is 623 g/mol. The van der Waals surface area contributed by atoms with Crippen molar-refractivity contribution in [2.75, 3.05) is 24.5 Å². The lowest BCUT2D eigenvalue weighted by atomic mass is 9.97. The third-order valence-electron chi connectivity index (χ3n) is 7.00. The van der Waals surface area contributed by atoms with E-state index in [2.05, 4.69) is 25.6 Å². The molecule has 4 heterocycles. The number of benzene rings is 1. The molecule has 2 aliphatic rings. The number of hydrogen-bond donors (Lipinski definition) is 2. The summed E-state index contributed by atoms with van der Waals surface area (Å²) in [4.78, 5) is 38.3. The number of hydrogen-bond acceptors (Lipinski definition) is 8. The van der Waals surface area contributed by atoms with Crippen LogP contribution in [0.4, 0.5) is 37.1 Å². The molecule has 0 aliphatic carbocycles. The Morgan fingerprint density at radius 2 is 1.72 bits per heavy atom. The van der Waals surface area contributed by atoms with Gasteiger partial charge in [-0.3, -0.25) is 19.9 Å². The third kappa shape index (κ3) is 7.51. The Bertz CT molecular complexity index is 1550. The predicted octanol–water partition coefficient (Wildman–Crippen LogP) is 5.91. The number of carbonyl (C=O) groups is 2. The fraction of sp³-hybridized carbons (Fsp3) is 0.321. The molecule has 226 valence electrons. The number of thioether (sulfide) groups is 1. The van der Waals surface area contributed by atoms with Crippen LogP contribution in [0.15, 0.2) is 53.7 Å². The molecule has 0 spiro atoms.